The first kappa shape index (κ1) is 17.4. The van der Waals surface area contributed by atoms with Gasteiger partial charge in [-0.15, -0.1) is 10.2 Å². The third kappa shape index (κ3) is 3.75. The number of hydrogen-bond donors (Lipinski definition) is 0. The van der Waals surface area contributed by atoms with E-state index in [2.05, 4.69) is 41.4 Å². The molecule has 136 valence electrons. The predicted octanol–water partition coefficient (Wildman–Crippen LogP) is 5.14. The summed E-state index contributed by atoms with van der Waals surface area (Å²) in [5.41, 5.74) is 3.46. The molecule has 0 unspecified atom stereocenters. The second-order valence-electron chi connectivity index (χ2n) is 6.09. The number of rotatable bonds is 6. The van der Waals surface area contributed by atoms with Gasteiger partial charge in [-0.05, 0) is 48.9 Å². The average molecular weight is 377 g/mol. The van der Waals surface area contributed by atoms with E-state index in [9.17, 15) is 0 Å². The van der Waals surface area contributed by atoms with Crippen molar-refractivity contribution in [3.8, 4) is 23.0 Å². The molecule has 0 aliphatic carbocycles. The van der Waals surface area contributed by atoms with Gasteiger partial charge in [-0.2, -0.15) is 0 Å². The van der Waals surface area contributed by atoms with Crippen LogP contribution in [0.1, 0.15) is 11.1 Å². The molecule has 0 N–H and O–H groups in total. The molecular weight excluding hydrogens is 358 g/mol. The lowest BCUT2D eigenvalue weighted by molar-refractivity contribution is 0.414. The molecule has 2 aromatic carbocycles. The minimum atomic E-state index is 0.678. The third-order valence-electron chi connectivity index (χ3n) is 4.16. The summed E-state index contributed by atoms with van der Waals surface area (Å²) in [7, 11) is 1.66. The van der Waals surface area contributed by atoms with E-state index in [1.165, 1.54) is 11.1 Å². The van der Waals surface area contributed by atoms with Gasteiger partial charge in [0.15, 0.2) is 10.9 Å². The molecular formula is C21H19N3O2S. The zero-order chi connectivity index (χ0) is 18.6. The SMILES string of the molecule is COc1ccc(-n2c(SCc3cccc(C)c3)nnc2-c2ccco2)cc1. The third-order valence-corrected chi connectivity index (χ3v) is 5.16. The number of nitrogens with zero attached hydrogens (tertiary/aromatic N) is 3. The number of aryl methyl sites for hydroxylation is 1. The lowest BCUT2D eigenvalue weighted by atomic mass is 10.2. The first-order valence-electron chi connectivity index (χ1n) is 8.56. The van der Waals surface area contributed by atoms with Crippen LogP contribution >= 0.6 is 11.8 Å². The fourth-order valence-electron chi connectivity index (χ4n) is 2.84. The predicted molar refractivity (Wildman–Crippen MR) is 106 cm³/mol. The van der Waals surface area contributed by atoms with Crippen molar-refractivity contribution in [2.45, 2.75) is 17.8 Å². The van der Waals surface area contributed by atoms with Crippen LogP contribution in [0.3, 0.4) is 0 Å². The highest BCUT2D eigenvalue weighted by atomic mass is 32.2. The molecule has 0 bridgehead atoms. The van der Waals surface area contributed by atoms with Gasteiger partial charge in [0.05, 0.1) is 19.1 Å². The number of thioether (sulfide) groups is 1. The summed E-state index contributed by atoms with van der Waals surface area (Å²) >= 11 is 1.65. The standard InChI is InChI=1S/C21H19N3O2S/c1-15-5-3-6-16(13-15)14-27-21-23-22-20(19-7-4-12-26-19)24(21)17-8-10-18(25-2)11-9-17/h3-13H,14H2,1-2H3. The Morgan fingerprint density at radius 2 is 1.89 bits per heavy atom. The lowest BCUT2D eigenvalue weighted by Gasteiger charge is -2.10. The second-order valence-corrected chi connectivity index (χ2v) is 7.04. The zero-order valence-corrected chi connectivity index (χ0v) is 15.9. The van der Waals surface area contributed by atoms with E-state index >= 15 is 0 Å². The van der Waals surface area contributed by atoms with Gasteiger partial charge in [0.25, 0.3) is 0 Å². The van der Waals surface area contributed by atoms with E-state index < -0.39 is 0 Å². The molecule has 27 heavy (non-hydrogen) atoms. The fraction of sp³-hybridized carbons (Fsp3) is 0.143. The van der Waals surface area contributed by atoms with Crippen molar-refractivity contribution in [3.05, 3.63) is 78.1 Å². The van der Waals surface area contributed by atoms with Crippen molar-refractivity contribution in [2.75, 3.05) is 7.11 Å². The molecule has 2 heterocycles. The number of ether oxygens (including phenoxy) is 1. The summed E-state index contributed by atoms with van der Waals surface area (Å²) in [4.78, 5) is 0. The van der Waals surface area contributed by atoms with Crippen LogP contribution in [0.5, 0.6) is 5.75 Å². The Morgan fingerprint density at radius 1 is 1.04 bits per heavy atom. The maximum Gasteiger partial charge on any atom is 0.205 e. The molecule has 0 radical (unpaired) electrons. The second kappa shape index (κ2) is 7.72. The highest BCUT2D eigenvalue weighted by Gasteiger charge is 2.18. The van der Waals surface area contributed by atoms with Crippen LogP contribution < -0.4 is 4.74 Å². The Hall–Kier alpha value is -2.99. The minimum Gasteiger partial charge on any atom is -0.497 e. The van der Waals surface area contributed by atoms with Gasteiger partial charge < -0.3 is 9.15 Å². The molecule has 4 rings (SSSR count). The first-order chi connectivity index (χ1) is 13.2. The summed E-state index contributed by atoms with van der Waals surface area (Å²) in [5, 5.41) is 9.60. The van der Waals surface area contributed by atoms with E-state index in [-0.39, 0.29) is 0 Å². The molecule has 0 atom stereocenters. The summed E-state index contributed by atoms with van der Waals surface area (Å²) < 4.78 is 12.8. The molecule has 4 aromatic rings. The average Bonchev–Trinajstić information content (AvgIpc) is 3.36. The molecule has 0 saturated carbocycles. The van der Waals surface area contributed by atoms with E-state index in [1.807, 2.05) is 41.0 Å². The van der Waals surface area contributed by atoms with E-state index in [0.717, 1.165) is 22.3 Å². The Morgan fingerprint density at radius 3 is 2.59 bits per heavy atom. The van der Waals surface area contributed by atoms with Gasteiger partial charge in [0.1, 0.15) is 5.75 Å². The Kier molecular flexibility index (Phi) is 4.98. The van der Waals surface area contributed by atoms with Gasteiger partial charge >= 0.3 is 0 Å². The first-order valence-corrected chi connectivity index (χ1v) is 9.55. The van der Waals surface area contributed by atoms with Crippen molar-refractivity contribution >= 4 is 11.8 Å². The highest BCUT2D eigenvalue weighted by Crippen LogP contribution is 2.30. The Balaban J connectivity index is 1.70. The van der Waals surface area contributed by atoms with E-state index in [4.69, 9.17) is 9.15 Å². The normalized spacial score (nSPS) is 10.9. The Labute approximate surface area is 162 Å². The fourth-order valence-corrected chi connectivity index (χ4v) is 3.74. The number of benzene rings is 2. The number of aromatic nitrogens is 3. The van der Waals surface area contributed by atoms with Crippen molar-refractivity contribution in [3.63, 3.8) is 0 Å². The van der Waals surface area contributed by atoms with Crippen LogP contribution in [0, 0.1) is 6.92 Å². The van der Waals surface area contributed by atoms with Crippen molar-refractivity contribution in [1.29, 1.82) is 0 Å². The topological polar surface area (TPSA) is 53.1 Å². The Bertz CT molecular complexity index is 1020. The van der Waals surface area contributed by atoms with Gasteiger partial charge in [0.2, 0.25) is 5.82 Å². The smallest absolute Gasteiger partial charge is 0.205 e. The summed E-state index contributed by atoms with van der Waals surface area (Å²) in [6.45, 7) is 2.10. The summed E-state index contributed by atoms with van der Waals surface area (Å²) in [5.74, 6) is 2.98. The summed E-state index contributed by atoms with van der Waals surface area (Å²) in [6, 6.07) is 20.1. The van der Waals surface area contributed by atoms with Crippen LogP contribution in [-0.4, -0.2) is 21.9 Å². The van der Waals surface area contributed by atoms with Crippen LogP contribution in [-0.2, 0) is 5.75 Å². The lowest BCUT2D eigenvalue weighted by Crippen LogP contribution is -1.99. The molecule has 0 amide bonds. The zero-order valence-electron chi connectivity index (χ0n) is 15.1. The largest absolute Gasteiger partial charge is 0.497 e. The quantitative estimate of drug-likeness (QED) is 0.436. The van der Waals surface area contributed by atoms with Gasteiger partial charge in [-0.3, -0.25) is 4.57 Å². The molecule has 6 heteroatoms. The van der Waals surface area contributed by atoms with Gasteiger partial charge in [0, 0.05) is 5.75 Å². The van der Waals surface area contributed by atoms with Crippen molar-refractivity contribution in [2.24, 2.45) is 0 Å². The molecule has 0 aliphatic rings. The van der Waals surface area contributed by atoms with Crippen molar-refractivity contribution < 1.29 is 9.15 Å². The number of hydrogen-bond acceptors (Lipinski definition) is 5. The van der Waals surface area contributed by atoms with Crippen LogP contribution in [0.15, 0.2) is 76.5 Å². The van der Waals surface area contributed by atoms with Gasteiger partial charge in [-0.1, -0.05) is 41.6 Å². The molecule has 2 aromatic heterocycles. The molecule has 0 spiro atoms. The van der Waals surface area contributed by atoms with Crippen LogP contribution in [0.25, 0.3) is 17.3 Å². The van der Waals surface area contributed by atoms with Crippen LogP contribution in [0.4, 0.5) is 0 Å². The van der Waals surface area contributed by atoms with Crippen LogP contribution in [0.2, 0.25) is 0 Å². The minimum absolute atomic E-state index is 0.678. The maximum absolute atomic E-state index is 5.56. The molecule has 0 saturated heterocycles. The molecule has 0 aliphatic heterocycles. The molecule has 5 nitrogen and oxygen atoms in total. The van der Waals surface area contributed by atoms with E-state index in [1.54, 1.807) is 25.1 Å². The summed E-state index contributed by atoms with van der Waals surface area (Å²) in [6.07, 6.45) is 1.64. The number of methoxy groups -OCH3 is 1. The molecule has 0 fully saturated rings. The van der Waals surface area contributed by atoms with E-state index in [0.29, 0.717) is 11.6 Å². The van der Waals surface area contributed by atoms with Gasteiger partial charge in [-0.25, -0.2) is 0 Å². The number of furan rings is 1. The monoisotopic (exact) mass is 377 g/mol. The van der Waals surface area contributed by atoms with Crippen molar-refractivity contribution in [1.82, 2.24) is 14.8 Å². The highest BCUT2D eigenvalue weighted by molar-refractivity contribution is 7.98. The maximum atomic E-state index is 5.56.